The third-order valence-electron chi connectivity index (χ3n) is 3.59. The van der Waals surface area contributed by atoms with Gasteiger partial charge < -0.3 is 4.74 Å². The van der Waals surface area contributed by atoms with Crippen LogP contribution in [-0.4, -0.2) is 31.5 Å². The Morgan fingerprint density at radius 2 is 1.96 bits per heavy atom. The fraction of sp³-hybridized carbons (Fsp3) is 0.500. The highest BCUT2D eigenvalue weighted by Crippen LogP contribution is 2.26. The van der Waals surface area contributed by atoms with Crippen LogP contribution in [0.1, 0.15) is 60.9 Å². The van der Waals surface area contributed by atoms with Crippen molar-refractivity contribution in [3.63, 3.8) is 0 Å². The average Bonchev–Trinajstić information content (AvgIpc) is 2.92. The van der Waals surface area contributed by atoms with Crippen LogP contribution in [-0.2, 0) is 4.74 Å². The van der Waals surface area contributed by atoms with Crippen molar-refractivity contribution in [3.8, 4) is 0 Å². The third kappa shape index (κ3) is 3.88. The van der Waals surface area contributed by atoms with Crippen molar-refractivity contribution in [2.45, 2.75) is 53.2 Å². The molecule has 2 heterocycles. The van der Waals surface area contributed by atoms with Gasteiger partial charge in [-0.1, -0.05) is 16.8 Å². The van der Waals surface area contributed by atoms with Gasteiger partial charge in [0, 0.05) is 6.20 Å². The minimum Gasteiger partial charge on any atom is -0.455 e. The van der Waals surface area contributed by atoms with Gasteiger partial charge in [-0.15, -0.1) is 5.10 Å². The van der Waals surface area contributed by atoms with Crippen LogP contribution in [0.2, 0.25) is 5.15 Å². The van der Waals surface area contributed by atoms with Crippen molar-refractivity contribution in [1.29, 1.82) is 0 Å². The monoisotopic (exact) mass is 336 g/mol. The summed E-state index contributed by atoms with van der Waals surface area (Å²) >= 11 is 6.04. The molecule has 23 heavy (non-hydrogen) atoms. The quantitative estimate of drug-likeness (QED) is 0.633. The summed E-state index contributed by atoms with van der Waals surface area (Å²) in [4.78, 5) is 16.2. The Morgan fingerprint density at radius 1 is 1.30 bits per heavy atom. The lowest BCUT2D eigenvalue weighted by atomic mass is 10.0. The van der Waals surface area contributed by atoms with Crippen LogP contribution in [0.15, 0.2) is 12.4 Å². The number of pyridine rings is 1. The predicted molar refractivity (Wildman–Crippen MR) is 87.7 cm³/mol. The molecule has 6 nitrogen and oxygen atoms in total. The zero-order valence-corrected chi connectivity index (χ0v) is 15.0. The number of ether oxygens (including phenoxy) is 1. The van der Waals surface area contributed by atoms with Gasteiger partial charge in [-0.3, -0.25) is 0 Å². The molecule has 7 heteroatoms. The zero-order chi connectivity index (χ0) is 17.4. The van der Waals surface area contributed by atoms with Gasteiger partial charge in [0.15, 0.2) is 5.69 Å². The number of nitrogens with zero attached hydrogens (tertiary/aromatic N) is 4. The molecule has 0 saturated carbocycles. The lowest BCUT2D eigenvalue weighted by Gasteiger charge is -2.18. The van der Waals surface area contributed by atoms with Crippen LogP contribution in [0.5, 0.6) is 0 Å². The predicted octanol–water partition coefficient (Wildman–Crippen LogP) is 3.51. The van der Waals surface area contributed by atoms with E-state index in [1.165, 1.54) is 0 Å². The van der Waals surface area contributed by atoms with Gasteiger partial charge >= 0.3 is 5.97 Å². The Kier molecular flexibility index (Phi) is 4.75. The summed E-state index contributed by atoms with van der Waals surface area (Å²) in [7, 11) is 0. The Balaban J connectivity index is 2.27. The third-order valence-corrected chi connectivity index (χ3v) is 3.97. The van der Waals surface area contributed by atoms with Crippen LogP contribution < -0.4 is 0 Å². The Labute approximate surface area is 140 Å². The number of carbonyl (C=O) groups excluding carboxylic acids is 1. The van der Waals surface area contributed by atoms with E-state index in [1.807, 2.05) is 41.5 Å². The number of hydrogen-bond donors (Lipinski definition) is 0. The number of esters is 1. The molecule has 0 aliphatic carbocycles. The van der Waals surface area contributed by atoms with Crippen molar-refractivity contribution < 1.29 is 9.53 Å². The number of halogens is 1. The molecule has 0 N–H and O–H groups in total. The number of hydrogen-bond acceptors (Lipinski definition) is 5. The fourth-order valence-electron chi connectivity index (χ4n) is 2.14. The SMILES string of the molecule is Cc1c(C(C)n2cc(C(=O)OC(C)(C)C)nn2)cnc(Cl)c1C. The topological polar surface area (TPSA) is 69.9 Å². The molecule has 0 aromatic carbocycles. The van der Waals surface area contributed by atoms with E-state index in [4.69, 9.17) is 16.3 Å². The van der Waals surface area contributed by atoms with Crippen LogP contribution >= 0.6 is 11.6 Å². The van der Waals surface area contributed by atoms with Crippen LogP contribution in [0.3, 0.4) is 0 Å². The zero-order valence-electron chi connectivity index (χ0n) is 14.2. The van der Waals surface area contributed by atoms with Gasteiger partial charge in [0.2, 0.25) is 0 Å². The van der Waals surface area contributed by atoms with Crippen LogP contribution in [0, 0.1) is 13.8 Å². The number of rotatable bonds is 3. The minimum atomic E-state index is -0.569. The maximum Gasteiger partial charge on any atom is 0.361 e. The lowest BCUT2D eigenvalue weighted by molar-refractivity contribution is 0.00627. The first-order valence-corrected chi connectivity index (χ1v) is 7.74. The van der Waals surface area contributed by atoms with Gasteiger partial charge in [0.25, 0.3) is 0 Å². The molecule has 0 fully saturated rings. The molecule has 0 spiro atoms. The van der Waals surface area contributed by atoms with E-state index in [0.29, 0.717) is 5.15 Å². The summed E-state index contributed by atoms with van der Waals surface area (Å²) in [6, 6.07) is -0.123. The molecule has 0 aliphatic heterocycles. The second-order valence-electron chi connectivity index (χ2n) is 6.52. The first kappa shape index (κ1) is 17.4. The maximum atomic E-state index is 12.0. The number of aromatic nitrogens is 4. The molecule has 1 unspecified atom stereocenters. The second kappa shape index (κ2) is 6.28. The van der Waals surface area contributed by atoms with Crippen LogP contribution in [0.4, 0.5) is 0 Å². The highest BCUT2D eigenvalue weighted by molar-refractivity contribution is 6.30. The van der Waals surface area contributed by atoms with Crippen molar-refractivity contribution in [1.82, 2.24) is 20.0 Å². The van der Waals surface area contributed by atoms with E-state index in [-0.39, 0.29) is 11.7 Å². The molecule has 1 atom stereocenters. The summed E-state index contributed by atoms with van der Waals surface area (Å²) in [6.07, 6.45) is 3.31. The van der Waals surface area contributed by atoms with Gasteiger partial charge in [-0.05, 0) is 58.2 Å². The largest absolute Gasteiger partial charge is 0.455 e. The van der Waals surface area contributed by atoms with Crippen molar-refractivity contribution in [2.75, 3.05) is 0 Å². The van der Waals surface area contributed by atoms with Crippen molar-refractivity contribution in [2.24, 2.45) is 0 Å². The maximum absolute atomic E-state index is 12.0. The molecule has 2 aromatic rings. The summed E-state index contributed by atoms with van der Waals surface area (Å²) in [5.41, 5.74) is 2.58. The molecule has 124 valence electrons. The number of carbonyl (C=O) groups is 1. The molecule has 2 rings (SSSR count). The van der Waals surface area contributed by atoms with E-state index >= 15 is 0 Å². The van der Waals surface area contributed by atoms with Gasteiger partial charge in [0.05, 0.1) is 12.2 Å². The highest BCUT2D eigenvalue weighted by atomic mass is 35.5. The van der Waals surface area contributed by atoms with E-state index in [1.54, 1.807) is 17.1 Å². The fourth-order valence-corrected chi connectivity index (χ4v) is 2.34. The van der Waals surface area contributed by atoms with Crippen molar-refractivity contribution in [3.05, 3.63) is 39.9 Å². The van der Waals surface area contributed by atoms with Gasteiger partial charge in [-0.2, -0.15) is 0 Å². The summed E-state index contributed by atoms with van der Waals surface area (Å²) in [5, 5.41) is 8.44. The van der Waals surface area contributed by atoms with E-state index < -0.39 is 11.6 Å². The Morgan fingerprint density at radius 3 is 2.57 bits per heavy atom. The first-order chi connectivity index (χ1) is 10.6. The Bertz CT molecular complexity index is 734. The second-order valence-corrected chi connectivity index (χ2v) is 6.87. The highest BCUT2D eigenvalue weighted by Gasteiger charge is 2.22. The summed E-state index contributed by atoms with van der Waals surface area (Å²) in [6.45, 7) is 11.3. The Hall–Kier alpha value is -1.95. The minimum absolute atomic E-state index is 0.123. The van der Waals surface area contributed by atoms with Gasteiger partial charge in [0.1, 0.15) is 10.8 Å². The molecular weight excluding hydrogens is 316 g/mol. The van der Waals surface area contributed by atoms with Crippen molar-refractivity contribution >= 4 is 17.6 Å². The summed E-state index contributed by atoms with van der Waals surface area (Å²) in [5.74, 6) is -0.488. The molecule has 0 saturated heterocycles. The molecular formula is C16H21ClN4O2. The van der Waals surface area contributed by atoms with E-state index in [2.05, 4.69) is 15.3 Å². The van der Waals surface area contributed by atoms with Gasteiger partial charge in [-0.25, -0.2) is 14.5 Å². The van der Waals surface area contributed by atoms with E-state index in [9.17, 15) is 4.79 Å². The molecule has 0 amide bonds. The molecule has 0 radical (unpaired) electrons. The smallest absolute Gasteiger partial charge is 0.361 e. The molecule has 2 aromatic heterocycles. The summed E-state index contributed by atoms with van der Waals surface area (Å²) < 4.78 is 6.92. The van der Waals surface area contributed by atoms with Crippen LogP contribution in [0.25, 0.3) is 0 Å². The average molecular weight is 337 g/mol. The molecule has 0 bridgehead atoms. The molecule has 0 aliphatic rings. The first-order valence-electron chi connectivity index (χ1n) is 7.37. The lowest BCUT2D eigenvalue weighted by Crippen LogP contribution is -2.24. The standard InChI is InChI=1S/C16H21ClN4O2/c1-9-10(2)14(17)18-7-12(9)11(3)21-8-13(19-20-21)15(22)23-16(4,5)6/h7-8,11H,1-6H3. The van der Waals surface area contributed by atoms with E-state index in [0.717, 1.165) is 16.7 Å². The normalized spacial score (nSPS) is 13.0.